The van der Waals surface area contributed by atoms with Gasteiger partial charge < -0.3 is 5.73 Å². The van der Waals surface area contributed by atoms with Crippen LogP contribution in [0.5, 0.6) is 0 Å². The summed E-state index contributed by atoms with van der Waals surface area (Å²) in [5.41, 5.74) is 7.05. The first-order valence-corrected chi connectivity index (χ1v) is 6.80. The lowest BCUT2D eigenvalue weighted by atomic mass is 10.0. The van der Waals surface area contributed by atoms with E-state index < -0.39 is 0 Å². The Labute approximate surface area is 109 Å². The van der Waals surface area contributed by atoms with Crippen molar-refractivity contribution >= 4 is 29.2 Å². The lowest BCUT2D eigenvalue weighted by Crippen LogP contribution is -2.09. The highest BCUT2D eigenvalue weighted by molar-refractivity contribution is 7.99. The quantitative estimate of drug-likeness (QED) is 0.908. The summed E-state index contributed by atoms with van der Waals surface area (Å²) >= 11 is 7.80. The van der Waals surface area contributed by atoms with Crippen LogP contribution in [-0.2, 0) is 6.54 Å². The Bertz CT molecular complexity index is 533. The lowest BCUT2D eigenvalue weighted by Gasteiger charge is -2.10. The maximum absolute atomic E-state index is 5.90. The Hall–Kier alpha value is -1.13. The van der Waals surface area contributed by atoms with E-state index in [1.54, 1.807) is 6.20 Å². The number of fused-ring (bicyclic) bond motifs is 1. The molecular formula is C12H12ClN3S. The zero-order chi connectivity index (χ0) is 11.8. The fourth-order valence-corrected chi connectivity index (χ4v) is 3.50. The van der Waals surface area contributed by atoms with Crippen LogP contribution in [-0.4, -0.2) is 15.5 Å². The Morgan fingerprint density at radius 1 is 1.47 bits per heavy atom. The zero-order valence-corrected chi connectivity index (χ0v) is 10.7. The first kappa shape index (κ1) is 11.0. The molecule has 3 nitrogen and oxygen atoms in total. The van der Waals surface area contributed by atoms with E-state index in [0.29, 0.717) is 16.8 Å². The van der Waals surface area contributed by atoms with Gasteiger partial charge in [0.05, 0.1) is 0 Å². The van der Waals surface area contributed by atoms with Gasteiger partial charge in [-0.1, -0.05) is 29.8 Å². The second kappa shape index (κ2) is 4.27. The lowest BCUT2D eigenvalue weighted by molar-refractivity contribution is 0.551. The number of benzene rings is 1. The van der Waals surface area contributed by atoms with Gasteiger partial charge in [0, 0.05) is 29.3 Å². The number of nitrogens with zero attached hydrogens (tertiary/aromatic N) is 2. The summed E-state index contributed by atoms with van der Waals surface area (Å²) in [4.78, 5) is 1.38. The monoisotopic (exact) mass is 265 g/mol. The van der Waals surface area contributed by atoms with Gasteiger partial charge in [-0.2, -0.15) is 5.10 Å². The second-order valence-electron chi connectivity index (χ2n) is 4.13. The van der Waals surface area contributed by atoms with Crippen molar-refractivity contribution in [2.75, 3.05) is 11.5 Å². The average Bonchev–Trinajstić information content (AvgIpc) is 2.85. The molecule has 2 heterocycles. The van der Waals surface area contributed by atoms with E-state index in [1.807, 2.05) is 16.4 Å². The van der Waals surface area contributed by atoms with E-state index in [1.165, 1.54) is 10.5 Å². The molecule has 3 rings (SSSR count). The van der Waals surface area contributed by atoms with Gasteiger partial charge in [-0.05, 0) is 11.6 Å². The Kier molecular flexibility index (Phi) is 2.76. The molecule has 2 aromatic rings. The molecule has 1 unspecified atom stereocenters. The minimum Gasteiger partial charge on any atom is -0.381 e. The molecule has 2 N–H and O–H groups in total. The van der Waals surface area contributed by atoms with Crippen molar-refractivity contribution in [1.29, 1.82) is 0 Å². The minimum absolute atomic E-state index is 0.408. The normalized spacial score (nSPS) is 18.3. The maximum Gasteiger partial charge on any atom is 0.164 e. The van der Waals surface area contributed by atoms with Crippen molar-refractivity contribution in [2.45, 2.75) is 17.4 Å². The van der Waals surface area contributed by atoms with E-state index >= 15 is 0 Å². The molecule has 1 aromatic carbocycles. The van der Waals surface area contributed by atoms with Gasteiger partial charge in [-0.15, -0.1) is 11.8 Å². The number of halogens is 1. The number of anilines is 1. The fourth-order valence-electron chi connectivity index (χ4n) is 2.11. The maximum atomic E-state index is 5.90. The highest BCUT2D eigenvalue weighted by Crippen LogP contribution is 2.40. The molecule has 1 atom stereocenters. The molecule has 1 aliphatic rings. The molecule has 1 aromatic heterocycles. The number of rotatable bonds is 2. The smallest absolute Gasteiger partial charge is 0.164 e. The Morgan fingerprint density at radius 3 is 3.06 bits per heavy atom. The summed E-state index contributed by atoms with van der Waals surface area (Å²) in [6, 6.07) is 8.53. The summed E-state index contributed by atoms with van der Waals surface area (Å²) in [7, 11) is 0. The average molecular weight is 266 g/mol. The third-order valence-electron chi connectivity index (χ3n) is 2.95. The molecule has 0 amide bonds. The van der Waals surface area contributed by atoms with Crippen LogP contribution in [0.25, 0.3) is 0 Å². The Morgan fingerprint density at radius 2 is 2.29 bits per heavy atom. The zero-order valence-electron chi connectivity index (χ0n) is 9.14. The number of aromatic nitrogens is 2. The summed E-state index contributed by atoms with van der Waals surface area (Å²) in [5.74, 6) is 1.99. The van der Waals surface area contributed by atoms with Crippen LogP contribution in [0.1, 0.15) is 11.5 Å². The highest BCUT2D eigenvalue weighted by Gasteiger charge is 2.23. The predicted molar refractivity (Wildman–Crippen MR) is 71.6 cm³/mol. The van der Waals surface area contributed by atoms with Gasteiger partial charge in [-0.3, -0.25) is 4.68 Å². The van der Waals surface area contributed by atoms with Crippen molar-refractivity contribution in [3.05, 3.63) is 41.0 Å². The molecule has 0 spiro atoms. The first-order chi connectivity index (χ1) is 8.24. The molecule has 0 radical (unpaired) electrons. The molecule has 0 saturated heterocycles. The van der Waals surface area contributed by atoms with Crippen molar-refractivity contribution in [3.8, 4) is 0 Å². The molecule has 0 saturated carbocycles. The van der Waals surface area contributed by atoms with E-state index in [0.717, 1.165) is 12.3 Å². The van der Waals surface area contributed by atoms with Crippen molar-refractivity contribution in [3.63, 3.8) is 0 Å². The topological polar surface area (TPSA) is 43.8 Å². The summed E-state index contributed by atoms with van der Waals surface area (Å²) in [6.07, 6.45) is 1.79. The largest absolute Gasteiger partial charge is 0.381 e. The molecule has 0 bridgehead atoms. The van der Waals surface area contributed by atoms with E-state index in [2.05, 4.69) is 29.4 Å². The van der Waals surface area contributed by atoms with Crippen LogP contribution in [0.3, 0.4) is 0 Å². The number of nitrogen functional groups attached to an aromatic ring is 1. The van der Waals surface area contributed by atoms with Crippen LogP contribution in [0, 0.1) is 0 Å². The van der Waals surface area contributed by atoms with Crippen LogP contribution in [0.15, 0.2) is 35.4 Å². The standard InChI is InChI=1S/C12H12ClN3S/c13-10-6-16(15-12(10)14)5-8-7-17-11-4-2-1-3-9(8)11/h1-4,6,8H,5,7H2,(H2,14,15). The highest BCUT2D eigenvalue weighted by atomic mass is 35.5. The third kappa shape index (κ3) is 2.03. The van der Waals surface area contributed by atoms with Gasteiger partial charge >= 0.3 is 0 Å². The van der Waals surface area contributed by atoms with E-state index in [4.69, 9.17) is 17.3 Å². The summed E-state index contributed by atoms with van der Waals surface area (Å²) in [5, 5.41) is 4.73. The summed E-state index contributed by atoms with van der Waals surface area (Å²) in [6.45, 7) is 0.834. The molecule has 0 fully saturated rings. The van der Waals surface area contributed by atoms with Gasteiger partial charge in [0.25, 0.3) is 0 Å². The molecular weight excluding hydrogens is 254 g/mol. The van der Waals surface area contributed by atoms with E-state index in [9.17, 15) is 0 Å². The van der Waals surface area contributed by atoms with Gasteiger partial charge in [0.1, 0.15) is 5.02 Å². The van der Waals surface area contributed by atoms with Gasteiger partial charge in [-0.25, -0.2) is 0 Å². The number of nitrogens with two attached hydrogens (primary N) is 1. The van der Waals surface area contributed by atoms with Crippen LogP contribution in [0.2, 0.25) is 5.02 Å². The Balaban J connectivity index is 1.84. The van der Waals surface area contributed by atoms with Crippen LogP contribution in [0.4, 0.5) is 5.82 Å². The molecule has 1 aliphatic heterocycles. The second-order valence-corrected chi connectivity index (χ2v) is 5.60. The first-order valence-electron chi connectivity index (χ1n) is 5.44. The van der Waals surface area contributed by atoms with Gasteiger partial charge in [0.15, 0.2) is 5.82 Å². The third-order valence-corrected chi connectivity index (χ3v) is 4.49. The molecule has 0 aliphatic carbocycles. The molecule has 88 valence electrons. The van der Waals surface area contributed by atoms with Crippen LogP contribution >= 0.6 is 23.4 Å². The number of thioether (sulfide) groups is 1. The minimum atomic E-state index is 0.408. The predicted octanol–water partition coefficient (Wildman–Crippen LogP) is 3.01. The molecule has 5 heteroatoms. The van der Waals surface area contributed by atoms with Crippen molar-refractivity contribution < 1.29 is 0 Å². The van der Waals surface area contributed by atoms with Crippen molar-refractivity contribution in [2.24, 2.45) is 0 Å². The van der Waals surface area contributed by atoms with Crippen molar-refractivity contribution in [1.82, 2.24) is 9.78 Å². The van der Waals surface area contributed by atoms with E-state index in [-0.39, 0.29) is 0 Å². The number of hydrogen-bond acceptors (Lipinski definition) is 3. The summed E-state index contributed by atoms with van der Waals surface area (Å²) < 4.78 is 1.84. The fraction of sp³-hybridized carbons (Fsp3) is 0.250. The van der Waals surface area contributed by atoms with Crippen LogP contribution < -0.4 is 5.73 Å². The molecule has 17 heavy (non-hydrogen) atoms. The van der Waals surface area contributed by atoms with Gasteiger partial charge in [0.2, 0.25) is 0 Å². The SMILES string of the molecule is Nc1nn(CC2CSc3ccccc32)cc1Cl. The number of hydrogen-bond donors (Lipinski definition) is 1.